The number of rotatable bonds is 1. The first-order chi connectivity index (χ1) is 12.7. The molecular weight excluding hydrogens is 326 g/mol. The van der Waals surface area contributed by atoms with Gasteiger partial charge in [0.1, 0.15) is 0 Å². The van der Waals surface area contributed by atoms with E-state index in [-0.39, 0.29) is 10.8 Å². The molecule has 1 atom stereocenters. The summed E-state index contributed by atoms with van der Waals surface area (Å²) < 4.78 is 0. The van der Waals surface area contributed by atoms with Gasteiger partial charge in [-0.2, -0.15) is 5.26 Å². The van der Waals surface area contributed by atoms with Gasteiger partial charge in [-0.25, -0.2) is 0 Å². The molecule has 2 aliphatic carbocycles. The summed E-state index contributed by atoms with van der Waals surface area (Å²) in [4.78, 5) is 0. The molecule has 1 nitrogen and oxygen atoms in total. The van der Waals surface area contributed by atoms with Gasteiger partial charge in [-0.1, -0.05) is 65.0 Å². The third-order valence-corrected chi connectivity index (χ3v) is 6.80. The molecule has 27 heavy (non-hydrogen) atoms. The third-order valence-electron chi connectivity index (χ3n) is 6.80. The third kappa shape index (κ3) is 3.02. The molecule has 0 aromatic heterocycles. The maximum Gasteiger partial charge on any atom is 0.0991 e. The zero-order chi connectivity index (χ0) is 19.4. The summed E-state index contributed by atoms with van der Waals surface area (Å²) >= 11 is 0. The standard InChI is InChI=1S/C26H29N/c1-17-12-20-13-19(16-27)6-8-21(20)22(17)14-18-7-9-23-24(15-18)26(4,5)11-10-25(23,2)3/h6-9,13-15,17H,10-12H2,1-5H3/b22-14-. The van der Waals surface area contributed by atoms with E-state index in [1.807, 2.05) is 6.07 Å². The largest absolute Gasteiger partial charge is 0.192 e. The van der Waals surface area contributed by atoms with Gasteiger partial charge in [0.15, 0.2) is 0 Å². The normalized spacial score (nSPS) is 23.6. The zero-order valence-corrected chi connectivity index (χ0v) is 17.2. The van der Waals surface area contributed by atoms with E-state index in [9.17, 15) is 5.26 Å². The van der Waals surface area contributed by atoms with Crippen molar-refractivity contribution in [3.63, 3.8) is 0 Å². The molecule has 0 bridgehead atoms. The number of hydrogen-bond donors (Lipinski definition) is 0. The SMILES string of the molecule is CC1Cc2cc(C#N)ccc2/C1=C\c1ccc2c(c1)C(C)(C)CCC2(C)C. The number of fused-ring (bicyclic) bond motifs is 2. The van der Waals surface area contributed by atoms with Crippen LogP contribution in [0.2, 0.25) is 0 Å². The van der Waals surface area contributed by atoms with Crippen molar-refractivity contribution in [1.82, 2.24) is 0 Å². The Bertz CT molecular complexity index is 982. The van der Waals surface area contributed by atoms with E-state index in [1.54, 1.807) is 0 Å². The van der Waals surface area contributed by atoms with Crippen LogP contribution in [0.3, 0.4) is 0 Å². The first kappa shape index (κ1) is 18.1. The van der Waals surface area contributed by atoms with Crippen LogP contribution >= 0.6 is 0 Å². The van der Waals surface area contributed by atoms with Crippen molar-refractivity contribution >= 4 is 11.6 Å². The molecule has 0 fully saturated rings. The highest BCUT2D eigenvalue weighted by Gasteiger charge is 2.37. The highest BCUT2D eigenvalue weighted by Crippen LogP contribution is 2.46. The lowest BCUT2D eigenvalue weighted by molar-refractivity contribution is 0.332. The van der Waals surface area contributed by atoms with Crippen molar-refractivity contribution < 1.29 is 0 Å². The Morgan fingerprint density at radius 3 is 2.37 bits per heavy atom. The minimum atomic E-state index is 0.236. The molecule has 2 aliphatic rings. The van der Waals surface area contributed by atoms with Gasteiger partial charge >= 0.3 is 0 Å². The predicted molar refractivity (Wildman–Crippen MR) is 114 cm³/mol. The molecule has 0 heterocycles. The average Bonchev–Trinajstić information content (AvgIpc) is 2.93. The fourth-order valence-electron chi connectivity index (χ4n) is 4.91. The number of nitrogens with zero attached hydrogens (tertiary/aromatic N) is 1. The van der Waals surface area contributed by atoms with Gasteiger partial charge < -0.3 is 0 Å². The molecule has 0 aliphatic heterocycles. The minimum Gasteiger partial charge on any atom is -0.192 e. The molecule has 0 N–H and O–H groups in total. The molecular formula is C26H29N. The summed E-state index contributed by atoms with van der Waals surface area (Å²) in [5.41, 5.74) is 9.63. The Kier molecular flexibility index (Phi) is 4.08. The van der Waals surface area contributed by atoms with Gasteiger partial charge in [0.05, 0.1) is 11.6 Å². The van der Waals surface area contributed by atoms with E-state index < -0.39 is 0 Å². The number of hydrogen-bond acceptors (Lipinski definition) is 1. The van der Waals surface area contributed by atoms with Crippen molar-refractivity contribution in [3.05, 3.63) is 69.8 Å². The van der Waals surface area contributed by atoms with Crippen molar-refractivity contribution in [2.45, 2.75) is 64.7 Å². The van der Waals surface area contributed by atoms with E-state index >= 15 is 0 Å². The molecule has 1 heteroatoms. The molecule has 0 saturated heterocycles. The zero-order valence-electron chi connectivity index (χ0n) is 17.2. The highest BCUT2D eigenvalue weighted by atomic mass is 14.4. The lowest BCUT2D eigenvalue weighted by atomic mass is 9.63. The van der Waals surface area contributed by atoms with E-state index in [0.29, 0.717) is 5.92 Å². The van der Waals surface area contributed by atoms with Crippen LogP contribution in [0.4, 0.5) is 0 Å². The Labute approximate surface area is 163 Å². The van der Waals surface area contributed by atoms with Crippen LogP contribution in [0.25, 0.3) is 11.6 Å². The second-order valence-electron chi connectivity index (χ2n) is 9.76. The molecule has 0 amide bonds. The Hall–Kier alpha value is -2.33. The van der Waals surface area contributed by atoms with Crippen LogP contribution in [0.15, 0.2) is 36.4 Å². The second kappa shape index (κ2) is 6.10. The number of allylic oxidation sites excluding steroid dienone is 1. The molecule has 138 valence electrons. The summed E-state index contributed by atoms with van der Waals surface area (Å²) in [7, 11) is 0. The Balaban J connectivity index is 1.80. The van der Waals surface area contributed by atoms with Gasteiger partial charge in [-0.05, 0) is 81.5 Å². The van der Waals surface area contributed by atoms with Crippen LogP contribution < -0.4 is 0 Å². The highest BCUT2D eigenvalue weighted by molar-refractivity contribution is 5.87. The van der Waals surface area contributed by atoms with E-state index in [2.05, 4.69) is 77.1 Å². The molecule has 0 radical (unpaired) electrons. The van der Waals surface area contributed by atoms with Gasteiger partial charge in [0, 0.05) is 0 Å². The summed E-state index contributed by atoms with van der Waals surface area (Å²) in [5, 5.41) is 9.18. The van der Waals surface area contributed by atoms with Gasteiger partial charge in [0.2, 0.25) is 0 Å². The van der Waals surface area contributed by atoms with Crippen LogP contribution in [-0.2, 0) is 17.3 Å². The summed E-state index contributed by atoms with van der Waals surface area (Å²) in [6.45, 7) is 11.8. The van der Waals surface area contributed by atoms with E-state index in [0.717, 1.165) is 12.0 Å². The smallest absolute Gasteiger partial charge is 0.0991 e. The number of nitriles is 1. The monoisotopic (exact) mass is 355 g/mol. The molecule has 0 spiro atoms. The minimum absolute atomic E-state index is 0.236. The summed E-state index contributed by atoms with van der Waals surface area (Å²) in [5.74, 6) is 0.495. The van der Waals surface area contributed by atoms with Crippen LogP contribution in [0.5, 0.6) is 0 Å². The van der Waals surface area contributed by atoms with E-state index in [1.165, 1.54) is 46.2 Å². The van der Waals surface area contributed by atoms with Crippen LogP contribution in [0, 0.1) is 17.2 Å². The molecule has 0 saturated carbocycles. The first-order valence-electron chi connectivity index (χ1n) is 10.1. The fraction of sp³-hybridized carbons (Fsp3) is 0.423. The van der Waals surface area contributed by atoms with Crippen molar-refractivity contribution in [2.75, 3.05) is 0 Å². The van der Waals surface area contributed by atoms with Crippen LogP contribution in [-0.4, -0.2) is 0 Å². The molecule has 1 unspecified atom stereocenters. The Morgan fingerprint density at radius 1 is 0.963 bits per heavy atom. The van der Waals surface area contributed by atoms with Gasteiger partial charge in [-0.3, -0.25) is 0 Å². The molecule has 2 aromatic rings. The molecule has 4 rings (SSSR count). The maximum absolute atomic E-state index is 9.18. The summed E-state index contributed by atoms with van der Waals surface area (Å²) in [6.07, 6.45) is 5.89. The fourth-order valence-corrected chi connectivity index (χ4v) is 4.91. The average molecular weight is 356 g/mol. The predicted octanol–water partition coefficient (Wildman–Crippen LogP) is 6.64. The Morgan fingerprint density at radius 2 is 1.67 bits per heavy atom. The second-order valence-corrected chi connectivity index (χ2v) is 9.76. The van der Waals surface area contributed by atoms with Gasteiger partial charge in [0.25, 0.3) is 0 Å². The van der Waals surface area contributed by atoms with E-state index in [4.69, 9.17) is 0 Å². The summed E-state index contributed by atoms with van der Waals surface area (Å²) in [6, 6.07) is 15.5. The maximum atomic E-state index is 9.18. The van der Waals surface area contributed by atoms with Crippen molar-refractivity contribution in [2.24, 2.45) is 5.92 Å². The topological polar surface area (TPSA) is 23.8 Å². The quantitative estimate of drug-likeness (QED) is 0.562. The van der Waals surface area contributed by atoms with Crippen LogP contribution in [0.1, 0.15) is 80.8 Å². The lowest BCUT2D eigenvalue weighted by Gasteiger charge is -2.42. The molecule has 2 aromatic carbocycles. The number of benzene rings is 2. The van der Waals surface area contributed by atoms with Crippen molar-refractivity contribution in [1.29, 1.82) is 5.26 Å². The van der Waals surface area contributed by atoms with Gasteiger partial charge in [-0.15, -0.1) is 0 Å². The lowest BCUT2D eigenvalue weighted by Crippen LogP contribution is -2.33. The van der Waals surface area contributed by atoms with Crippen molar-refractivity contribution in [3.8, 4) is 6.07 Å². The first-order valence-corrected chi connectivity index (χ1v) is 10.1.